The number of hydrogen-bond acceptors (Lipinski definition) is 8. The summed E-state index contributed by atoms with van der Waals surface area (Å²) in [5.41, 5.74) is 1.51. The van der Waals surface area contributed by atoms with E-state index in [1.807, 2.05) is 12.1 Å². The number of methoxy groups -OCH3 is 1. The maximum atomic E-state index is 14.2. The standard InChI is InChI=1S/C39H39N7O8S/c1-26-36(38(49)45(42(26)3)28-14-8-6-9-15-28)40-34(47)24-44(32-18-12-13-19-33(32)53-5)55(51,52)31-22-20-30(21-23-31)54-25-35(48)41-37-27(2)43(4)46(39(37)50)29-16-10-7-11-17-29/h6-23H,24-25H2,1-5H3,(H,40,47)(H,41,48). The van der Waals surface area contributed by atoms with E-state index in [4.69, 9.17) is 9.47 Å². The van der Waals surface area contributed by atoms with Crippen molar-refractivity contribution in [1.82, 2.24) is 18.7 Å². The molecule has 2 N–H and O–H groups in total. The summed E-state index contributed by atoms with van der Waals surface area (Å²) in [7, 11) is 0.332. The van der Waals surface area contributed by atoms with Gasteiger partial charge in [0.25, 0.3) is 27.0 Å². The molecule has 0 atom stereocenters. The second-order valence-corrected chi connectivity index (χ2v) is 14.3. The van der Waals surface area contributed by atoms with Gasteiger partial charge in [-0.3, -0.25) is 32.8 Å². The van der Waals surface area contributed by atoms with Gasteiger partial charge >= 0.3 is 0 Å². The maximum Gasteiger partial charge on any atom is 0.295 e. The summed E-state index contributed by atoms with van der Waals surface area (Å²) in [4.78, 5) is 52.9. The molecular formula is C39H39N7O8S. The molecule has 0 aliphatic carbocycles. The summed E-state index contributed by atoms with van der Waals surface area (Å²) < 4.78 is 46.5. The minimum Gasteiger partial charge on any atom is -0.495 e. The minimum atomic E-state index is -4.43. The Hall–Kier alpha value is -6.81. The van der Waals surface area contributed by atoms with Gasteiger partial charge in [-0.1, -0.05) is 48.5 Å². The van der Waals surface area contributed by atoms with Crippen LogP contribution in [0, 0.1) is 13.8 Å². The molecule has 284 valence electrons. The van der Waals surface area contributed by atoms with E-state index < -0.39 is 46.1 Å². The number of para-hydroxylation sites is 4. The Bertz CT molecular complexity index is 2590. The quantitative estimate of drug-likeness (QED) is 0.177. The van der Waals surface area contributed by atoms with Crippen LogP contribution in [-0.2, 0) is 33.7 Å². The van der Waals surface area contributed by atoms with Crippen molar-refractivity contribution in [2.75, 3.05) is 35.2 Å². The zero-order valence-electron chi connectivity index (χ0n) is 30.7. The van der Waals surface area contributed by atoms with Crippen LogP contribution in [0.25, 0.3) is 11.4 Å². The molecule has 2 aromatic heterocycles. The number of anilines is 3. The Morgan fingerprint density at radius 2 is 1.15 bits per heavy atom. The molecule has 2 amide bonds. The molecule has 0 saturated heterocycles. The van der Waals surface area contributed by atoms with Crippen LogP contribution in [0.4, 0.5) is 17.1 Å². The van der Waals surface area contributed by atoms with Crippen molar-refractivity contribution in [3.63, 3.8) is 0 Å². The van der Waals surface area contributed by atoms with Crippen LogP contribution >= 0.6 is 0 Å². The van der Waals surface area contributed by atoms with Crippen LogP contribution < -0.4 is 35.5 Å². The van der Waals surface area contributed by atoms with Gasteiger partial charge in [0.1, 0.15) is 29.4 Å². The van der Waals surface area contributed by atoms with Crippen molar-refractivity contribution in [1.29, 1.82) is 0 Å². The first kappa shape index (κ1) is 37.9. The molecule has 0 spiro atoms. The number of carbonyl (C=O) groups excluding carboxylic acids is 2. The number of rotatable bonds is 13. The van der Waals surface area contributed by atoms with E-state index in [-0.39, 0.29) is 33.5 Å². The molecule has 0 bridgehead atoms. The second kappa shape index (κ2) is 15.7. The fourth-order valence-electron chi connectivity index (χ4n) is 6.03. The smallest absolute Gasteiger partial charge is 0.295 e. The van der Waals surface area contributed by atoms with Crippen LogP contribution in [0.1, 0.15) is 11.4 Å². The Morgan fingerprint density at radius 1 is 0.673 bits per heavy atom. The van der Waals surface area contributed by atoms with Crippen LogP contribution in [0.2, 0.25) is 0 Å². The Balaban J connectivity index is 1.20. The lowest BCUT2D eigenvalue weighted by molar-refractivity contribution is -0.118. The summed E-state index contributed by atoms with van der Waals surface area (Å²) in [6.07, 6.45) is 0. The maximum absolute atomic E-state index is 14.2. The Labute approximate surface area is 316 Å². The van der Waals surface area contributed by atoms with Gasteiger partial charge < -0.3 is 20.1 Å². The number of benzene rings is 4. The van der Waals surface area contributed by atoms with Gasteiger partial charge in [0.05, 0.1) is 40.5 Å². The van der Waals surface area contributed by atoms with E-state index in [2.05, 4.69) is 10.6 Å². The molecule has 0 saturated carbocycles. The molecule has 16 heteroatoms. The highest BCUT2D eigenvalue weighted by Crippen LogP contribution is 2.33. The third kappa shape index (κ3) is 7.52. The van der Waals surface area contributed by atoms with Crippen LogP contribution in [0.5, 0.6) is 11.5 Å². The Kier molecular flexibility index (Phi) is 10.8. The molecule has 55 heavy (non-hydrogen) atoms. The van der Waals surface area contributed by atoms with Crippen molar-refractivity contribution in [2.24, 2.45) is 14.1 Å². The number of amides is 2. The molecular weight excluding hydrogens is 727 g/mol. The van der Waals surface area contributed by atoms with E-state index in [0.717, 1.165) is 4.31 Å². The van der Waals surface area contributed by atoms with Gasteiger partial charge in [0.15, 0.2) is 6.61 Å². The highest BCUT2D eigenvalue weighted by atomic mass is 32.2. The molecule has 4 aromatic carbocycles. The fourth-order valence-corrected chi connectivity index (χ4v) is 7.46. The molecule has 0 aliphatic heterocycles. The van der Waals surface area contributed by atoms with E-state index in [0.29, 0.717) is 22.8 Å². The number of nitrogens with zero attached hydrogens (tertiary/aromatic N) is 5. The molecule has 0 radical (unpaired) electrons. The number of nitrogens with one attached hydrogen (secondary N) is 2. The number of aromatic nitrogens is 4. The fraction of sp³-hybridized carbons (Fsp3) is 0.179. The van der Waals surface area contributed by atoms with Crippen molar-refractivity contribution in [3.8, 4) is 22.9 Å². The lowest BCUT2D eigenvalue weighted by Gasteiger charge is -2.25. The zero-order chi connectivity index (χ0) is 39.4. The van der Waals surface area contributed by atoms with Gasteiger partial charge in [-0.15, -0.1) is 0 Å². The van der Waals surface area contributed by atoms with Crippen molar-refractivity contribution >= 4 is 38.9 Å². The summed E-state index contributed by atoms with van der Waals surface area (Å²) in [5.74, 6) is -0.997. The molecule has 0 aliphatic rings. The summed E-state index contributed by atoms with van der Waals surface area (Å²) >= 11 is 0. The summed E-state index contributed by atoms with van der Waals surface area (Å²) in [6, 6.07) is 29.5. The minimum absolute atomic E-state index is 0.00329. The van der Waals surface area contributed by atoms with Crippen molar-refractivity contribution in [3.05, 3.63) is 141 Å². The second-order valence-electron chi connectivity index (χ2n) is 12.4. The molecule has 0 unspecified atom stereocenters. The molecule has 6 aromatic rings. The van der Waals surface area contributed by atoms with Crippen LogP contribution in [0.15, 0.2) is 124 Å². The highest BCUT2D eigenvalue weighted by Gasteiger charge is 2.30. The molecule has 15 nitrogen and oxygen atoms in total. The third-order valence-electron chi connectivity index (χ3n) is 9.06. The summed E-state index contributed by atoms with van der Waals surface area (Å²) in [6.45, 7) is 2.21. The van der Waals surface area contributed by atoms with Gasteiger partial charge in [0, 0.05) is 14.1 Å². The van der Waals surface area contributed by atoms with Crippen LogP contribution in [0.3, 0.4) is 0 Å². The van der Waals surface area contributed by atoms with E-state index in [1.165, 1.54) is 46.8 Å². The van der Waals surface area contributed by atoms with E-state index in [9.17, 15) is 27.6 Å². The van der Waals surface area contributed by atoms with Crippen LogP contribution in [-0.4, -0.2) is 59.2 Å². The highest BCUT2D eigenvalue weighted by molar-refractivity contribution is 7.92. The number of ether oxygens (including phenoxy) is 2. The molecule has 2 heterocycles. The average molecular weight is 766 g/mol. The third-order valence-corrected chi connectivity index (χ3v) is 10.8. The predicted molar refractivity (Wildman–Crippen MR) is 208 cm³/mol. The van der Waals surface area contributed by atoms with Crippen molar-refractivity contribution in [2.45, 2.75) is 18.7 Å². The van der Waals surface area contributed by atoms with E-state index >= 15 is 0 Å². The van der Waals surface area contributed by atoms with E-state index in [1.54, 1.807) is 104 Å². The SMILES string of the molecule is COc1ccccc1N(CC(=O)Nc1c(C)n(C)n(-c2ccccc2)c1=O)S(=O)(=O)c1ccc(OCC(=O)Nc2c(C)n(C)n(-c3ccccc3)c2=O)cc1. The van der Waals surface area contributed by atoms with Gasteiger partial charge in [-0.25, -0.2) is 17.8 Å². The van der Waals surface area contributed by atoms with Gasteiger partial charge in [-0.2, -0.15) is 0 Å². The first-order valence-electron chi connectivity index (χ1n) is 17.0. The Morgan fingerprint density at radius 3 is 1.65 bits per heavy atom. The molecule has 0 fully saturated rings. The monoisotopic (exact) mass is 765 g/mol. The largest absolute Gasteiger partial charge is 0.495 e. The topological polar surface area (TPSA) is 168 Å². The van der Waals surface area contributed by atoms with Gasteiger partial charge in [-0.05, 0) is 74.5 Å². The first-order chi connectivity index (χ1) is 26.3. The number of sulfonamides is 1. The number of hydrogen-bond donors (Lipinski definition) is 2. The average Bonchev–Trinajstić information content (AvgIpc) is 3.53. The zero-order valence-corrected chi connectivity index (χ0v) is 31.5. The molecule has 6 rings (SSSR count). The lowest BCUT2D eigenvalue weighted by atomic mass is 10.3. The summed E-state index contributed by atoms with van der Waals surface area (Å²) in [5, 5.41) is 5.25. The number of carbonyl (C=O) groups is 2. The van der Waals surface area contributed by atoms with Gasteiger partial charge in [0.2, 0.25) is 5.91 Å². The first-order valence-corrected chi connectivity index (χ1v) is 18.4. The van der Waals surface area contributed by atoms with Crippen molar-refractivity contribution < 1.29 is 27.5 Å². The predicted octanol–water partition coefficient (Wildman–Crippen LogP) is 4.14. The normalized spacial score (nSPS) is 11.2. The lowest BCUT2D eigenvalue weighted by Crippen LogP contribution is -2.39.